The van der Waals surface area contributed by atoms with Crippen molar-refractivity contribution in [3.8, 4) is 11.4 Å². The van der Waals surface area contributed by atoms with E-state index < -0.39 is 11.7 Å². The Morgan fingerprint density at radius 1 is 1.17 bits per heavy atom. The molecule has 0 aliphatic rings. The molecule has 1 heterocycles. The minimum atomic E-state index is -0.512. The Labute approximate surface area is 136 Å². The zero-order valence-corrected chi connectivity index (χ0v) is 12.7. The lowest BCUT2D eigenvalue weighted by Gasteiger charge is -2.06. The number of carbonyl (C=O) groups excluding carboxylic acids is 1. The van der Waals surface area contributed by atoms with Gasteiger partial charge in [0.2, 0.25) is 11.7 Å². The van der Waals surface area contributed by atoms with Crippen LogP contribution in [0.15, 0.2) is 42.5 Å². The summed E-state index contributed by atoms with van der Waals surface area (Å²) in [7, 11) is 0. The lowest BCUT2D eigenvalue weighted by atomic mass is 10.2. The van der Waals surface area contributed by atoms with Gasteiger partial charge in [-0.3, -0.25) is 4.79 Å². The van der Waals surface area contributed by atoms with Gasteiger partial charge in [0.1, 0.15) is 18.2 Å². The predicted molar refractivity (Wildman–Crippen MR) is 83.0 cm³/mol. The number of hydrogen-bond acceptors (Lipinski definition) is 4. The van der Waals surface area contributed by atoms with Crippen LogP contribution in [0.2, 0.25) is 0 Å². The van der Waals surface area contributed by atoms with Crippen molar-refractivity contribution in [2.45, 2.75) is 13.5 Å². The number of tetrazole rings is 1. The van der Waals surface area contributed by atoms with Crippen molar-refractivity contribution in [3.05, 3.63) is 59.7 Å². The first-order valence-electron chi connectivity index (χ1n) is 7.11. The molecule has 0 saturated heterocycles. The van der Waals surface area contributed by atoms with Crippen molar-refractivity contribution in [1.29, 1.82) is 0 Å². The second-order valence-electron chi connectivity index (χ2n) is 5.18. The highest BCUT2D eigenvalue weighted by molar-refractivity contribution is 5.90. The molecule has 2 aromatic carbocycles. The molecule has 8 heteroatoms. The Balaban J connectivity index is 1.68. The van der Waals surface area contributed by atoms with Crippen LogP contribution in [-0.2, 0) is 11.3 Å². The highest BCUT2D eigenvalue weighted by Crippen LogP contribution is 2.16. The van der Waals surface area contributed by atoms with Crippen LogP contribution in [0.5, 0.6) is 0 Å². The molecule has 1 N–H and O–H groups in total. The van der Waals surface area contributed by atoms with Gasteiger partial charge in [0.15, 0.2) is 0 Å². The Bertz CT molecular complexity index is 876. The summed E-state index contributed by atoms with van der Waals surface area (Å²) in [6.07, 6.45) is 0. The quantitative estimate of drug-likeness (QED) is 0.798. The molecule has 122 valence electrons. The Morgan fingerprint density at radius 3 is 2.62 bits per heavy atom. The molecular weight excluding hydrogens is 316 g/mol. The average molecular weight is 329 g/mol. The molecule has 0 bridgehead atoms. The molecule has 0 spiro atoms. The van der Waals surface area contributed by atoms with Crippen LogP contribution in [0.1, 0.15) is 5.56 Å². The zero-order chi connectivity index (χ0) is 17.1. The summed E-state index contributed by atoms with van der Waals surface area (Å²) < 4.78 is 26.6. The van der Waals surface area contributed by atoms with Gasteiger partial charge in [-0.15, -0.1) is 10.2 Å². The summed E-state index contributed by atoms with van der Waals surface area (Å²) in [4.78, 5) is 13.0. The minimum absolute atomic E-state index is 0.0875. The second-order valence-corrected chi connectivity index (χ2v) is 5.18. The topological polar surface area (TPSA) is 72.7 Å². The molecule has 3 rings (SSSR count). The molecule has 3 aromatic rings. The van der Waals surface area contributed by atoms with Crippen molar-refractivity contribution in [1.82, 2.24) is 20.2 Å². The summed E-state index contributed by atoms with van der Waals surface area (Å²) in [6.45, 7) is 1.53. The van der Waals surface area contributed by atoms with Gasteiger partial charge < -0.3 is 5.32 Å². The largest absolute Gasteiger partial charge is 0.322 e. The number of amides is 1. The molecule has 0 radical (unpaired) electrons. The third kappa shape index (κ3) is 3.60. The van der Waals surface area contributed by atoms with Crippen LogP contribution >= 0.6 is 0 Å². The number of rotatable bonds is 4. The molecule has 0 aliphatic carbocycles. The SMILES string of the molecule is Cc1ccc(NC(=O)Cn2nnc(-c3ccc(F)cc3)n2)c(F)c1. The number of nitrogens with zero attached hydrogens (tertiary/aromatic N) is 4. The fourth-order valence-electron chi connectivity index (χ4n) is 2.06. The summed E-state index contributed by atoms with van der Waals surface area (Å²) >= 11 is 0. The zero-order valence-electron chi connectivity index (χ0n) is 12.7. The van der Waals surface area contributed by atoms with Crippen LogP contribution in [0.4, 0.5) is 14.5 Å². The van der Waals surface area contributed by atoms with E-state index in [1.807, 2.05) is 0 Å². The molecule has 1 aromatic heterocycles. The Hall–Kier alpha value is -3.16. The molecule has 6 nitrogen and oxygen atoms in total. The number of anilines is 1. The third-order valence-corrected chi connectivity index (χ3v) is 3.24. The number of halogens is 2. The Kier molecular flexibility index (Phi) is 4.28. The minimum Gasteiger partial charge on any atom is -0.322 e. The smallest absolute Gasteiger partial charge is 0.248 e. The van der Waals surface area contributed by atoms with Crippen molar-refractivity contribution in [2.24, 2.45) is 0 Å². The fraction of sp³-hybridized carbons (Fsp3) is 0.125. The van der Waals surface area contributed by atoms with Crippen LogP contribution in [-0.4, -0.2) is 26.1 Å². The maximum absolute atomic E-state index is 13.7. The second kappa shape index (κ2) is 6.53. The first-order valence-corrected chi connectivity index (χ1v) is 7.11. The molecule has 0 fully saturated rings. The summed E-state index contributed by atoms with van der Waals surface area (Å²) in [5.74, 6) is -1.10. The molecule has 24 heavy (non-hydrogen) atoms. The van der Waals surface area contributed by atoms with Gasteiger partial charge in [0, 0.05) is 5.56 Å². The Morgan fingerprint density at radius 2 is 1.92 bits per heavy atom. The van der Waals surface area contributed by atoms with Gasteiger partial charge in [-0.05, 0) is 54.1 Å². The van der Waals surface area contributed by atoms with Gasteiger partial charge in [0.05, 0.1) is 5.69 Å². The van der Waals surface area contributed by atoms with Crippen LogP contribution < -0.4 is 5.32 Å². The van der Waals surface area contributed by atoms with Crippen LogP contribution in [0.3, 0.4) is 0 Å². The van der Waals surface area contributed by atoms with Crippen molar-refractivity contribution in [3.63, 3.8) is 0 Å². The van der Waals surface area contributed by atoms with Crippen molar-refractivity contribution >= 4 is 11.6 Å². The molecule has 0 aliphatic heterocycles. The van der Waals surface area contributed by atoms with Gasteiger partial charge >= 0.3 is 0 Å². The number of carbonyl (C=O) groups is 1. The van der Waals surface area contributed by atoms with Crippen LogP contribution in [0.25, 0.3) is 11.4 Å². The molecule has 0 saturated carbocycles. The van der Waals surface area contributed by atoms with Gasteiger partial charge in [-0.25, -0.2) is 8.78 Å². The molecule has 0 atom stereocenters. The average Bonchev–Trinajstić information content (AvgIpc) is 2.99. The lowest BCUT2D eigenvalue weighted by Crippen LogP contribution is -2.21. The van der Waals surface area contributed by atoms with Gasteiger partial charge in [0.25, 0.3) is 0 Å². The van der Waals surface area contributed by atoms with E-state index in [0.29, 0.717) is 5.56 Å². The van der Waals surface area contributed by atoms with E-state index >= 15 is 0 Å². The fourth-order valence-corrected chi connectivity index (χ4v) is 2.06. The standard InChI is InChI=1S/C16H13F2N5O/c1-10-2-7-14(13(18)8-10)19-15(24)9-23-21-16(20-22-23)11-3-5-12(17)6-4-11/h2-8H,9H2,1H3,(H,19,24). The molecule has 0 unspecified atom stereocenters. The van der Waals surface area contributed by atoms with E-state index in [4.69, 9.17) is 0 Å². The first-order chi connectivity index (χ1) is 11.5. The van der Waals surface area contributed by atoms with E-state index in [9.17, 15) is 13.6 Å². The number of nitrogens with one attached hydrogen (secondary N) is 1. The monoisotopic (exact) mass is 329 g/mol. The third-order valence-electron chi connectivity index (χ3n) is 3.24. The van der Waals surface area contributed by atoms with E-state index in [-0.39, 0.29) is 23.9 Å². The number of aromatic nitrogens is 4. The van der Waals surface area contributed by atoms with Crippen LogP contribution in [0, 0.1) is 18.6 Å². The summed E-state index contributed by atoms with van der Waals surface area (Å²) in [5, 5.41) is 14.1. The predicted octanol–water partition coefficient (Wildman–Crippen LogP) is 2.57. The van der Waals surface area contributed by atoms with E-state index in [0.717, 1.165) is 10.4 Å². The number of aryl methyl sites for hydroxylation is 1. The number of benzene rings is 2. The van der Waals surface area contributed by atoms with Gasteiger partial charge in [-0.1, -0.05) is 6.07 Å². The summed E-state index contributed by atoms with van der Waals surface area (Å²) in [5.41, 5.74) is 1.42. The van der Waals surface area contributed by atoms with Gasteiger partial charge in [-0.2, -0.15) is 4.80 Å². The van der Waals surface area contributed by atoms with E-state index in [1.165, 1.54) is 36.4 Å². The molecule has 1 amide bonds. The maximum atomic E-state index is 13.7. The highest BCUT2D eigenvalue weighted by atomic mass is 19.1. The van der Waals surface area contributed by atoms with Crippen molar-refractivity contribution in [2.75, 3.05) is 5.32 Å². The highest BCUT2D eigenvalue weighted by Gasteiger charge is 2.11. The molecular formula is C16H13F2N5O. The van der Waals surface area contributed by atoms with E-state index in [2.05, 4.69) is 20.7 Å². The van der Waals surface area contributed by atoms with E-state index in [1.54, 1.807) is 13.0 Å². The lowest BCUT2D eigenvalue weighted by molar-refractivity contribution is -0.117. The number of hydrogen-bond donors (Lipinski definition) is 1. The normalized spacial score (nSPS) is 10.6. The maximum Gasteiger partial charge on any atom is 0.248 e. The summed E-state index contributed by atoms with van der Waals surface area (Å²) in [6, 6.07) is 10.1. The van der Waals surface area contributed by atoms with Crippen molar-refractivity contribution < 1.29 is 13.6 Å². The first kappa shape index (κ1) is 15.7.